The highest BCUT2D eigenvalue weighted by Gasteiger charge is 2.06. The molecule has 7 nitrogen and oxygen atoms in total. The molecule has 1 amide bonds. The molecule has 2 rings (SSSR count). The Hall–Kier alpha value is -2.83. The number of anilines is 1. The number of nitrogens with zero attached hydrogens (tertiary/aromatic N) is 2. The molecule has 1 aromatic carbocycles. The Morgan fingerprint density at radius 2 is 2.00 bits per heavy atom. The van der Waals surface area contributed by atoms with E-state index < -0.39 is 5.91 Å². The van der Waals surface area contributed by atoms with Gasteiger partial charge in [0.2, 0.25) is 0 Å². The lowest BCUT2D eigenvalue weighted by atomic mass is 10.2. The van der Waals surface area contributed by atoms with Crippen LogP contribution in [0.5, 0.6) is 11.5 Å². The van der Waals surface area contributed by atoms with Crippen molar-refractivity contribution in [3.8, 4) is 11.5 Å². The van der Waals surface area contributed by atoms with Gasteiger partial charge in [0.15, 0.2) is 5.69 Å². The van der Waals surface area contributed by atoms with Crippen molar-refractivity contribution < 1.29 is 14.3 Å². The van der Waals surface area contributed by atoms with E-state index in [1.165, 1.54) is 6.07 Å². The van der Waals surface area contributed by atoms with E-state index in [1.54, 1.807) is 26.4 Å². The van der Waals surface area contributed by atoms with Crippen LogP contribution in [0, 0.1) is 0 Å². The van der Waals surface area contributed by atoms with E-state index in [9.17, 15) is 4.79 Å². The van der Waals surface area contributed by atoms with Gasteiger partial charge in [0, 0.05) is 18.2 Å². The van der Waals surface area contributed by atoms with E-state index in [0.29, 0.717) is 18.1 Å². The number of hydrogen-bond acceptors (Lipinski definition) is 6. The van der Waals surface area contributed by atoms with Crippen molar-refractivity contribution in [2.24, 2.45) is 5.73 Å². The summed E-state index contributed by atoms with van der Waals surface area (Å²) in [7, 11) is 3.20. The quantitative estimate of drug-likeness (QED) is 0.828. The molecular weight excluding hydrogens is 272 g/mol. The van der Waals surface area contributed by atoms with Gasteiger partial charge in [-0.3, -0.25) is 4.79 Å². The number of rotatable bonds is 6. The molecule has 1 aromatic heterocycles. The highest BCUT2D eigenvalue weighted by Crippen LogP contribution is 2.25. The van der Waals surface area contributed by atoms with Crippen LogP contribution in [0.2, 0.25) is 0 Å². The fourth-order valence-corrected chi connectivity index (χ4v) is 1.74. The molecule has 0 saturated heterocycles. The van der Waals surface area contributed by atoms with E-state index in [2.05, 4.69) is 15.5 Å². The number of nitrogens with two attached hydrogens (primary N) is 1. The Morgan fingerprint density at radius 3 is 2.57 bits per heavy atom. The third-order valence-electron chi connectivity index (χ3n) is 2.87. The van der Waals surface area contributed by atoms with Gasteiger partial charge in [-0.05, 0) is 24.3 Å². The maximum atomic E-state index is 10.9. The Morgan fingerprint density at radius 1 is 1.19 bits per heavy atom. The van der Waals surface area contributed by atoms with Gasteiger partial charge in [0.1, 0.15) is 17.3 Å². The van der Waals surface area contributed by atoms with E-state index in [1.807, 2.05) is 12.1 Å². The summed E-state index contributed by atoms with van der Waals surface area (Å²) in [6, 6.07) is 8.71. The van der Waals surface area contributed by atoms with E-state index in [0.717, 1.165) is 11.3 Å². The van der Waals surface area contributed by atoms with Crippen LogP contribution < -0.4 is 20.5 Å². The SMILES string of the molecule is COc1ccc(CNc2ccc(C(N)=O)nn2)c(OC)c1. The van der Waals surface area contributed by atoms with Gasteiger partial charge >= 0.3 is 0 Å². The number of aromatic nitrogens is 2. The van der Waals surface area contributed by atoms with Crippen molar-refractivity contribution in [3.05, 3.63) is 41.6 Å². The van der Waals surface area contributed by atoms with Crippen LogP contribution in [-0.2, 0) is 6.54 Å². The second-order valence-electron chi connectivity index (χ2n) is 4.20. The maximum absolute atomic E-state index is 10.9. The standard InChI is InChI=1S/C14H16N4O3/c1-20-10-4-3-9(12(7-10)21-2)8-16-13-6-5-11(14(15)19)17-18-13/h3-7H,8H2,1-2H3,(H2,15,19)(H,16,18). The molecule has 3 N–H and O–H groups in total. The normalized spacial score (nSPS) is 10.0. The highest BCUT2D eigenvalue weighted by molar-refractivity contribution is 5.90. The zero-order chi connectivity index (χ0) is 15.2. The maximum Gasteiger partial charge on any atom is 0.269 e. The number of amides is 1. The number of ether oxygens (including phenoxy) is 2. The number of methoxy groups -OCH3 is 2. The zero-order valence-electron chi connectivity index (χ0n) is 11.8. The van der Waals surface area contributed by atoms with Crippen LogP contribution in [0.1, 0.15) is 16.1 Å². The Balaban J connectivity index is 2.07. The molecule has 0 bridgehead atoms. The Labute approximate surface area is 122 Å². The molecule has 0 aliphatic heterocycles. The average molecular weight is 288 g/mol. The molecule has 2 aromatic rings. The number of nitrogens with one attached hydrogen (secondary N) is 1. The predicted octanol–water partition coefficient (Wildman–Crippen LogP) is 1.20. The first kappa shape index (κ1) is 14.6. The third-order valence-corrected chi connectivity index (χ3v) is 2.87. The molecule has 1 heterocycles. The fourth-order valence-electron chi connectivity index (χ4n) is 1.74. The summed E-state index contributed by atoms with van der Waals surface area (Å²) in [6.07, 6.45) is 0. The molecule has 0 aliphatic rings. The van der Waals surface area contributed by atoms with Crippen LogP contribution >= 0.6 is 0 Å². The summed E-state index contributed by atoms with van der Waals surface area (Å²) in [6.45, 7) is 0.498. The van der Waals surface area contributed by atoms with Crippen molar-refractivity contribution in [3.63, 3.8) is 0 Å². The summed E-state index contributed by atoms with van der Waals surface area (Å²) in [4.78, 5) is 10.9. The van der Waals surface area contributed by atoms with Crippen LogP contribution in [0.15, 0.2) is 30.3 Å². The Bertz CT molecular complexity index is 629. The van der Waals surface area contributed by atoms with Crippen molar-refractivity contribution in [2.75, 3.05) is 19.5 Å². The third kappa shape index (κ3) is 3.59. The van der Waals surface area contributed by atoms with E-state index in [4.69, 9.17) is 15.2 Å². The summed E-state index contributed by atoms with van der Waals surface area (Å²) in [5, 5.41) is 10.7. The molecule has 7 heteroatoms. The van der Waals surface area contributed by atoms with Crippen molar-refractivity contribution in [1.29, 1.82) is 0 Å². The van der Waals surface area contributed by atoms with Gasteiger partial charge in [-0.25, -0.2) is 0 Å². The summed E-state index contributed by atoms with van der Waals surface area (Å²) < 4.78 is 10.5. The average Bonchev–Trinajstić information content (AvgIpc) is 2.53. The van der Waals surface area contributed by atoms with Crippen LogP contribution in [0.3, 0.4) is 0 Å². The number of carbonyl (C=O) groups is 1. The van der Waals surface area contributed by atoms with Crippen molar-refractivity contribution in [1.82, 2.24) is 10.2 Å². The number of hydrogen-bond donors (Lipinski definition) is 2. The largest absolute Gasteiger partial charge is 0.497 e. The van der Waals surface area contributed by atoms with Gasteiger partial charge in [0.25, 0.3) is 5.91 Å². The highest BCUT2D eigenvalue weighted by atomic mass is 16.5. The minimum absolute atomic E-state index is 0.127. The smallest absolute Gasteiger partial charge is 0.269 e. The second-order valence-corrected chi connectivity index (χ2v) is 4.20. The fraction of sp³-hybridized carbons (Fsp3) is 0.214. The summed E-state index contributed by atoms with van der Waals surface area (Å²) in [5.74, 6) is 1.37. The molecule has 110 valence electrons. The summed E-state index contributed by atoms with van der Waals surface area (Å²) in [5.41, 5.74) is 6.17. The van der Waals surface area contributed by atoms with Gasteiger partial charge in [-0.1, -0.05) is 0 Å². The lowest BCUT2D eigenvalue weighted by molar-refractivity contribution is 0.0994. The molecule has 0 atom stereocenters. The van der Waals surface area contributed by atoms with E-state index in [-0.39, 0.29) is 5.69 Å². The van der Waals surface area contributed by atoms with Gasteiger partial charge in [-0.15, -0.1) is 10.2 Å². The zero-order valence-corrected chi connectivity index (χ0v) is 11.8. The Kier molecular flexibility index (Phi) is 4.55. The second kappa shape index (κ2) is 6.56. The lowest BCUT2D eigenvalue weighted by Crippen LogP contribution is -2.14. The first-order valence-electron chi connectivity index (χ1n) is 6.22. The molecule has 0 unspecified atom stereocenters. The topological polar surface area (TPSA) is 99.4 Å². The monoisotopic (exact) mass is 288 g/mol. The molecule has 0 spiro atoms. The van der Waals surface area contributed by atoms with Crippen molar-refractivity contribution >= 4 is 11.7 Å². The minimum atomic E-state index is -0.606. The van der Waals surface area contributed by atoms with Crippen LogP contribution in [-0.4, -0.2) is 30.3 Å². The van der Waals surface area contributed by atoms with Crippen LogP contribution in [0.4, 0.5) is 5.82 Å². The first-order chi connectivity index (χ1) is 10.1. The van der Waals surface area contributed by atoms with Gasteiger partial charge < -0.3 is 20.5 Å². The van der Waals surface area contributed by atoms with Crippen molar-refractivity contribution in [2.45, 2.75) is 6.54 Å². The molecule has 0 aliphatic carbocycles. The summed E-state index contributed by atoms with van der Waals surface area (Å²) >= 11 is 0. The van der Waals surface area contributed by atoms with E-state index >= 15 is 0 Å². The number of benzene rings is 1. The molecule has 0 saturated carbocycles. The van der Waals surface area contributed by atoms with Gasteiger partial charge in [-0.2, -0.15) is 0 Å². The number of carbonyl (C=O) groups excluding carboxylic acids is 1. The van der Waals surface area contributed by atoms with Gasteiger partial charge in [0.05, 0.1) is 14.2 Å². The predicted molar refractivity (Wildman–Crippen MR) is 77.4 cm³/mol. The first-order valence-corrected chi connectivity index (χ1v) is 6.22. The molecule has 21 heavy (non-hydrogen) atoms. The molecule has 0 fully saturated rings. The molecule has 0 radical (unpaired) electrons. The minimum Gasteiger partial charge on any atom is -0.497 e. The lowest BCUT2D eigenvalue weighted by Gasteiger charge is -2.11. The number of primary amides is 1. The molecular formula is C14H16N4O3. The van der Waals surface area contributed by atoms with Crippen LogP contribution in [0.25, 0.3) is 0 Å².